The summed E-state index contributed by atoms with van der Waals surface area (Å²) < 4.78 is 69.8. The van der Waals surface area contributed by atoms with Gasteiger partial charge in [0.15, 0.2) is 0 Å². The third-order valence-corrected chi connectivity index (χ3v) is 7.96. The molecule has 1 aromatic heterocycles. The molecule has 6 rings (SSSR count). The zero-order valence-electron chi connectivity index (χ0n) is 21.2. The van der Waals surface area contributed by atoms with Gasteiger partial charge in [0.25, 0.3) is 0 Å². The summed E-state index contributed by atoms with van der Waals surface area (Å²) in [7, 11) is -2.77. The zero-order valence-corrected chi connectivity index (χ0v) is 22.1. The van der Waals surface area contributed by atoms with Crippen LogP contribution in [0, 0.1) is 0 Å². The van der Waals surface area contributed by atoms with Crippen molar-refractivity contribution < 1.29 is 49.7 Å². The van der Waals surface area contributed by atoms with Crippen LogP contribution in [-0.4, -0.2) is 57.2 Å². The number of aryl methyl sites for hydroxylation is 1. The number of fused-ring (bicyclic) bond motifs is 4. The van der Waals surface area contributed by atoms with Crippen molar-refractivity contribution in [1.82, 2.24) is 0 Å². The van der Waals surface area contributed by atoms with E-state index in [1.165, 1.54) is 16.5 Å². The van der Waals surface area contributed by atoms with E-state index in [9.17, 15) is 26.8 Å². The van der Waals surface area contributed by atoms with E-state index >= 15 is 0 Å². The Hall–Kier alpha value is -3.29. The number of rotatable bonds is 3. The van der Waals surface area contributed by atoms with Crippen LogP contribution < -0.4 is 9.30 Å². The number of nitrogens with zero attached hydrogens (tertiary/aromatic N) is 2. The van der Waals surface area contributed by atoms with Crippen LogP contribution in [-0.2, 0) is 32.6 Å². The number of alkyl halides is 3. The van der Waals surface area contributed by atoms with Crippen molar-refractivity contribution >= 4 is 31.8 Å². The molecule has 1 fully saturated rings. The lowest BCUT2D eigenvalue weighted by Gasteiger charge is -2.33. The molecule has 0 amide bonds. The number of hydrogen-bond donors (Lipinski definition) is 1. The molecule has 1 N–H and O–H groups in total. The quantitative estimate of drug-likeness (QED) is 0.111. The summed E-state index contributed by atoms with van der Waals surface area (Å²) in [5.74, 6) is 1.78. The molecule has 206 valence electrons. The van der Waals surface area contributed by atoms with E-state index in [2.05, 4.69) is 58.3 Å². The van der Waals surface area contributed by atoms with E-state index in [1.807, 2.05) is 18.2 Å². The predicted molar refractivity (Wildman–Crippen MR) is 136 cm³/mol. The van der Waals surface area contributed by atoms with E-state index < -0.39 is 15.6 Å². The number of hydrogen-bond acceptors (Lipinski definition) is 6. The summed E-state index contributed by atoms with van der Waals surface area (Å²) in [4.78, 5) is 0. The summed E-state index contributed by atoms with van der Waals surface area (Å²) in [6.45, 7) is 3.05. The summed E-state index contributed by atoms with van der Waals surface area (Å²) in [5.41, 5.74) is -0.739. The molecule has 0 bridgehead atoms. The second kappa shape index (κ2) is 10.0. The van der Waals surface area contributed by atoms with Crippen LogP contribution in [0.25, 0.3) is 32.9 Å². The van der Waals surface area contributed by atoms with Gasteiger partial charge < -0.3 is 9.47 Å². The standard InChI is InChI=1S/C25H24N2O3.C2H3F3O3S/c1-26-21-15-17(16-27(28)11-13-29-14-12-27)9-10-18(21)19-6-4-8-23-24(19)25(26)20-5-2-3-7-22(20)30-23;1-8-9(6,7)2(3,4)5/h2-10,15,28H,11-14,16H2,1H3;1H3/q+2;. The Bertz CT molecular complexity index is 1670. The first kappa shape index (κ1) is 27.3. The molecule has 3 heterocycles. The largest absolute Gasteiger partial charge is 0.523 e. The van der Waals surface area contributed by atoms with Crippen LogP contribution in [0.5, 0.6) is 11.5 Å². The lowest BCUT2D eigenvalue weighted by Crippen LogP contribution is -2.51. The minimum absolute atomic E-state index is 0.0382. The fourth-order valence-electron chi connectivity index (χ4n) is 5.01. The van der Waals surface area contributed by atoms with Crippen molar-refractivity contribution in [2.45, 2.75) is 12.1 Å². The monoisotopic (exact) mass is 564 g/mol. The van der Waals surface area contributed by atoms with Crippen molar-refractivity contribution in [2.24, 2.45) is 7.05 Å². The van der Waals surface area contributed by atoms with Gasteiger partial charge in [0.05, 0.1) is 36.7 Å². The van der Waals surface area contributed by atoms with Crippen molar-refractivity contribution in [3.63, 3.8) is 0 Å². The minimum Gasteiger partial charge on any atom is -0.456 e. The molecule has 1 saturated heterocycles. The van der Waals surface area contributed by atoms with Gasteiger partial charge in [-0.25, -0.2) is 5.21 Å². The number of halogens is 3. The van der Waals surface area contributed by atoms with Crippen LogP contribution in [0.2, 0.25) is 0 Å². The number of aromatic nitrogens is 1. The number of benzene rings is 3. The molecule has 12 heteroatoms. The van der Waals surface area contributed by atoms with E-state index in [-0.39, 0.29) is 4.65 Å². The summed E-state index contributed by atoms with van der Waals surface area (Å²) >= 11 is 0. The lowest BCUT2D eigenvalue weighted by atomic mass is 9.95. The molecule has 3 aromatic carbocycles. The van der Waals surface area contributed by atoms with Crippen LogP contribution in [0.15, 0.2) is 60.7 Å². The van der Waals surface area contributed by atoms with Crippen molar-refractivity contribution in [2.75, 3.05) is 33.4 Å². The number of morpholine rings is 1. The lowest BCUT2D eigenvalue weighted by molar-refractivity contribution is -1.12. The second-order valence-electron chi connectivity index (χ2n) is 9.42. The number of para-hydroxylation sites is 1. The molecule has 0 atom stereocenters. The molecule has 2 aliphatic rings. The highest BCUT2D eigenvalue weighted by Crippen LogP contribution is 2.46. The van der Waals surface area contributed by atoms with Gasteiger partial charge in [-0.15, -0.1) is 0 Å². The molecule has 0 unspecified atom stereocenters. The Kier molecular flexibility index (Phi) is 7.02. The Morgan fingerprint density at radius 2 is 1.69 bits per heavy atom. The second-order valence-corrected chi connectivity index (χ2v) is 11.1. The highest BCUT2D eigenvalue weighted by atomic mass is 32.2. The Balaban J connectivity index is 0.000000298. The highest BCUT2D eigenvalue weighted by molar-refractivity contribution is 7.87. The molecule has 0 radical (unpaired) electrons. The van der Waals surface area contributed by atoms with Gasteiger partial charge in [0, 0.05) is 17.0 Å². The fourth-order valence-corrected chi connectivity index (χ4v) is 5.20. The first-order valence-corrected chi connectivity index (χ1v) is 13.5. The number of hydroxylamine groups is 3. The van der Waals surface area contributed by atoms with Crippen molar-refractivity contribution in [1.29, 1.82) is 0 Å². The topological polar surface area (TPSA) is 85.9 Å². The normalized spacial score (nSPS) is 16.3. The van der Waals surface area contributed by atoms with E-state index in [1.54, 1.807) is 0 Å². The van der Waals surface area contributed by atoms with Crippen molar-refractivity contribution in [3.05, 3.63) is 66.2 Å². The average molecular weight is 565 g/mol. The van der Waals surface area contributed by atoms with E-state index in [0.29, 0.717) is 40.0 Å². The van der Waals surface area contributed by atoms with Crippen LogP contribution in [0.1, 0.15) is 5.56 Å². The number of quaternary nitrogens is 1. The van der Waals surface area contributed by atoms with Gasteiger partial charge in [-0.2, -0.15) is 30.8 Å². The van der Waals surface area contributed by atoms with Gasteiger partial charge in [-0.3, -0.25) is 4.18 Å². The smallest absolute Gasteiger partial charge is 0.456 e. The summed E-state index contributed by atoms with van der Waals surface area (Å²) in [5, 5.41) is 14.5. The molecular weight excluding hydrogens is 537 g/mol. The van der Waals surface area contributed by atoms with Gasteiger partial charge in [0.2, 0.25) is 11.2 Å². The molecule has 4 aromatic rings. The molecule has 39 heavy (non-hydrogen) atoms. The van der Waals surface area contributed by atoms with Gasteiger partial charge in [0.1, 0.15) is 38.2 Å². The van der Waals surface area contributed by atoms with Crippen LogP contribution >= 0.6 is 0 Å². The molecule has 0 aliphatic carbocycles. The maximum atomic E-state index is 11.1. The van der Waals surface area contributed by atoms with E-state index in [4.69, 9.17) is 9.47 Å². The van der Waals surface area contributed by atoms with Crippen LogP contribution in [0.3, 0.4) is 0 Å². The molecular formula is C27H27F3N2O6S+2. The van der Waals surface area contributed by atoms with Crippen molar-refractivity contribution in [3.8, 4) is 22.8 Å². The Morgan fingerprint density at radius 1 is 1.00 bits per heavy atom. The number of ether oxygens (including phenoxy) is 2. The predicted octanol–water partition coefficient (Wildman–Crippen LogP) is 4.81. The molecule has 8 nitrogen and oxygen atoms in total. The van der Waals surface area contributed by atoms with Gasteiger partial charge >= 0.3 is 15.6 Å². The first-order valence-electron chi connectivity index (χ1n) is 12.1. The first-order chi connectivity index (χ1) is 18.4. The maximum absolute atomic E-state index is 11.1. The SMILES string of the molecule is COS(=O)(=O)C(F)(F)F.C[n+]1c2c3c(cccc3c3ccc(C[N+]4(O)CCOCC4)cc31)Oc1ccccc1-2. The summed E-state index contributed by atoms with van der Waals surface area (Å²) in [6, 6.07) is 21.0. The molecule has 0 saturated carbocycles. The highest BCUT2D eigenvalue weighted by Gasteiger charge is 2.46. The average Bonchev–Trinajstić information content (AvgIpc) is 2.90. The Morgan fingerprint density at radius 3 is 2.36 bits per heavy atom. The minimum atomic E-state index is -5.34. The van der Waals surface area contributed by atoms with Gasteiger partial charge in [-0.1, -0.05) is 30.3 Å². The Labute approximate surface area is 223 Å². The van der Waals surface area contributed by atoms with Gasteiger partial charge in [-0.05, 0) is 24.3 Å². The van der Waals surface area contributed by atoms with Crippen LogP contribution in [0.4, 0.5) is 13.2 Å². The van der Waals surface area contributed by atoms with E-state index in [0.717, 1.165) is 33.5 Å². The third kappa shape index (κ3) is 5.06. The summed E-state index contributed by atoms with van der Waals surface area (Å²) in [6.07, 6.45) is 0. The number of pyridine rings is 1. The third-order valence-electron chi connectivity index (χ3n) is 6.96. The molecule has 0 spiro atoms. The zero-order chi connectivity index (χ0) is 28.0. The fraction of sp³-hybridized carbons (Fsp3) is 0.296. The maximum Gasteiger partial charge on any atom is 0.523 e. The molecule has 2 aliphatic heterocycles.